The number of rotatable bonds is 52. The van der Waals surface area contributed by atoms with Crippen LogP contribution in [0.15, 0.2) is 97.2 Å². The summed E-state index contributed by atoms with van der Waals surface area (Å²) in [6, 6.07) is 0. The summed E-state index contributed by atoms with van der Waals surface area (Å²) in [6.45, 7) is 7.64. The van der Waals surface area contributed by atoms with Crippen molar-refractivity contribution in [2.24, 2.45) is 0 Å². The Labute approximate surface area is 422 Å². The summed E-state index contributed by atoms with van der Waals surface area (Å²) in [7, 11) is 0. The average molecular weight is 946 g/mol. The van der Waals surface area contributed by atoms with Gasteiger partial charge in [-0.1, -0.05) is 227 Å². The minimum Gasteiger partial charge on any atom is -0.462 e. The van der Waals surface area contributed by atoms with Gasteiger partial charge < -0.3 is 14.2 Å². The molecule has 0 aromatic rings. The van der Waals surface area contributed by atoms with E-state index in [0.29, 0.717) is 19.4 Å². The molecule has 0 amide bonds. The van der Waals surface area contributed by atoms with Crippen molar-refractivity contribution in [2.45, 2.75) is 271 Å². The monoisotopic (exact) mass is 945 g/mol. The van der Waals surface area contributed by atoms with Crippen molar-refractivity contribution >= 4 is 11.9 Å². The van der Waals surface area contributed by atoms with Gasteiger partial charge in [0.15, 0.2) is 6.10 Å². The van der Waals surface area contributed by atoms with Crippen LogP contribution in [0.5, 0.6) is 0 Å². The van der Waals surface area contributed by atoms with E-state index >= 15 is 0 Å². The normalized spacial score (nSPS) is 12.9. The third-order valence-electron chi connectivity index (χ3n) is 12.1. The van der Waals surface area contributed by atoms with Crippen LogP contribution < -0.4 is 0 Å². The molecule has 5 nitrogen and oxygen atoms in total. The van der Waals surface area contributed by atoms with Crippen LogP contribution in [0.1, 0.15) is 265 Å². The van der Waals surface area contributed by atoms with Gasteiger partial charge in [-0.25, -0.2) is 0 Å². The standard InChI is InChI=1S/C63H108O5/c1-4-7-10-13-16-19-22-25-27-29-31-33-35-37-40-43-46-49-52-55-58-66-59-61(68-63(65)57-54-51-48-45-42-38-24-21-18-15-12-9-6-3)60-67-62(64)56-53-50-47-44-41-39-36-34-32-30-28-26-23-20-17-14-11-8-5-2/h8,11,16-17,19-21,24-28,31-34,61H,4-7,9-10,12-15,18,22-23,29-30,35-60H2,1-3H3/b11-8-,19-16-,20-17-,24-21-,27-25-,28-26-,33-31-,34-32-. The highest BCUT2D eigenvalue weighted by molar-refractivity contribution is 5.70. The molecule has 0 aliphatic heterocycles. The number of ether oxygens (including phenoxy) is 3. The van der Waals surface area contributed by atoms with E-state index < -0.39 is 6.10 Å². The summed E-state index contributed by atoms with van der Waals surface area (Å²) in [4.78, 5) is 25.5. The fourth-order valence-corrected chi connectivity index (χ4v) is 7.80. The van der Waals surface area contributed by atoms with Crippen molar-refractivity contribution in [1.29, 1.82) is 0 Å². The molecule has 0 spiro atoms. The highest BCUT2D eigenvalue weighted by Gasteiger charge is 2.17. The van der Waals surface area contributed by atoms with Gasteiger partial charge in [0, 0.05) is 19.4 Å². The average Bonchev–Trinajstić information content (AvgIpc) is 3.34. The first kappa shape index (κ1) is 64.8. The lowest BCUT2D eigenvalue weighted by Gasteiger charge is -2.18. The predicted octanol–water partition coefficient (Wildman–Crippen LogP) is 19.8. The first-order chi connectivity index (χ1) is 33.6. The summed E-state index contributed by atoms with van der Waals surface area (Å²) in [6.07, 6.45) is 78.5. The second-order valence-electron chi connectivity index (χ2n) is 18.8. The van der Waals surface area contributed by atoms with E-state index in [-0.39, 0.29) is 25.2 Å². The van der Waals surface area contributed by atoms with Gasteiger partial charge in [0.2, 0.25) is 0 Å². The Morgan fingerprint density at radius 2 is 0.662 bits per heavy atom. The van der Waals surface area contributed by atoms with Crippen LogP contribution in [-0.2, 0) is 23.8 Å². The van der Waals surface area contributed by atoms with Crippen LogP contribution in [0.25, 0.3) is 0 Å². The molecule has 0 aliphatic carbocycles. The molecule has 68 heavy (non-hydrogen) atoms. The smallest absolute Gasteiger partial charge is 0.306 e. The Kier molecular flexibility index (Phi) is 55.4. The lowest BCUT2D eigenvalue weighted by Crippen LogP contribution is -2.30. The second kappa shape index (κ2) is 58.1. The van der Waals surface area contributed by atoms with Gasteiger partial charge in [-0.05, 0) is 122 Å². The molecular weight excluding hydrogens is 837 g/mol. The summed E-state index contributed by atoms with van der Waals surface area (Å²) >= 11 is 0. The third kappa shape index (κ3) is 55.4. The molecule has 0 saturated heterocycles. The number of esters is 2. The van der Waals surface area contributed by atoms with Crippen molar-refractivity contribution in [3.8, 4) is 0 Å². The van der Waals surface area contributed by atoms with Crippen LogP contribution in [0, 0.1) is 0 Å². The van der Waals surface area contributed by atoms with Crippen LogP contribution in [0.3, 0.4) is 0 Å². The molecule has 0 heterocycles. The number of hydrogen-bond acceptors (Lipinski definition) is 5. The molecule has 0 rings (SSSR count). The first-order valence-corrected chi connectivity index (χ1v) is 28.8. The Morgan fingerprint density at radius 3 is 1.10 bits per heavy atom. The van der Waals surface area contributed by atoms with E-state index in [9.17, 15) is 9.59 Å². The summed E-state index contributed by atoms with van der Waals surface area (Å²) in [5.74, 6) is -0.428. The molecule has 0 aromatic carbocycles. The number of unbranched alkanes of at least 4 members (excludes halogenated alkanes) is 25. The minimum atomic E-state index is -0.558. The maximum Gasteiger partial charge on any atom is 0.306 e. The molecule has 5 heteroatoms. The first-order valence-electron chi connectivity index (χ1n) is 28.8. The third-order valence-corrected chi connectivity index (χ3v) is 12.1. The van der Waals surface area contributed by atoms with Gasteiger partial charge in [-0.3, -0.25) is 9.59 Å². The Morgan fingerprint density at radius 1 is 0.338 bits per heavy atom. The second-order valence-corrected chi connectivity index (χ2v) is 18.8. The van der Waals surface area contributed by atoms with Crippen molar-refractivity contribution in [2.75, 3.05) is 19.8 Å². The molecular formula is C63H108O5. The number of carbonyl (C=O) groups excluding carboxylic acids is 2. The van der Waals surface area contributed by atoms with Crippen LogP contribution in [-0.4, -0.2) is 37.9 Å². The zero-order chi connectivity index (χ0) is 49.2. The van der Waals surface area contributed by atoms with Gasteiger partial charge in [0.25, 0.3) is 0 Å². The summed E-state index contributed by atoms with van der Waals surface area (Å²) < 4.78 is 17.5. The zero-order valence-corrected chi connectivity index (χ0v) is 44.8. The molecule has 1 unspecified atom stereocenters. The highest BCUT2D eigenvalue weighted by atomic mass is 16.6. The Hall–Kier alpha value is -3.18. The maximum absolute atomic E-state index is 12.8. The molecule has 0 saturated carbocycles. The predicted molar refractivity (Wildman–Crippen MR) is 297 cm³/mol. The van der Waals surface area contributed by atoms with Crippen molar-refractivity contribution in [1.82, 2.24) is 0 Å². The van der Waals surface area contributed by atoms with Crippen LogP contribution >= 0.6 is 0 Å². The topological polar surface area (TPSA) is 61.8 Å². The molecule has 0 N–H and O–H groups in total. The van der Waals surface area contributed by atoms with Crippen LogP contribution in [0.2, 0.25) is 0 Å². The van der Waals surface area contributed by atoms with Crippen molar-refractivity contribution in [3.05, 3.63) is 97.2 Å². The number of carbonyl (C=O) groups is 2. The molecule has 0 aliphatic rings. The maximum atomic E-state index is 12.8. The van der Waals surface area contributed by atoms with Gasteiger partial charge in [-0.2, -0.15) is 0 Å². The van der Waals surface area contributed by atoms with E-state index in [0.717, 1.165) is 103 Å². The van der Waals surface area contributed by atoms with Crippen LogP contribution in [0.4, 0.5) is 0 Å². The SMILES string of the molecule is CC/C=C\C/C=C\C/C=C\C/C=C\CCCCCCCCC(=O)OCC(COCCCCCCCCC/C=C\C/C=C\C/C=C\CCCCC)OC(=O)CCCCCCC/C=C\CCCCCC. The Balaban J connectivity index is 4.31. The molecule has 0 fully saturated rings. The summed E-state index contributed by atoms with van der Waals surface area (Å²) in [5.41, 5.74) is 0. The van der Waals surface area contributed by atoms with Crippen molar-refractivity contribution in [3.63, 3.8) is 0 Å². The number of allylic oxidation sites excluding steroid dienone is 16. The molecule has 0 aromatic heterocycles. The zero-order valence-electron chi connectivity index (χ0n) is 44.8. The van der Waals surface area contributed by atoms with E-state index in [1.165, 1.54) is 128 Å². The quantitative estimate of drug-likeness (QED) is 0.0345. The lowest BCUT2D eigenvalue weighted by molar-refractivity contribution is -0.163. The van der Waals surface area contributed by atoms with Gasteiger partial charge in [0.05, 0.1) is 6.61 Å². The Bertz CT molecular complexity index is 1300. The van der Waals surface area contributed by atoms with E-state index in [4.69, 9.17) is 14.2 Å². The van der Waals surface area contributed by atoms with E-state index in [1.54, 1.807) is 0 Å². The number of hydrogen-bond donors (Lipinski definition) is 0. The van der Waals surface area contributed by atoms with Gasteiger partial charge in [-0.15, -0.1) is 0 Å². The molecule has 0 radical (unpaired) electrons. The van der Waals surface area contributed by atoms with Gasteiger partial charge in [0.1, 0.15) is 6.61 Å². The van der Waals surface area contributed by atoms with E-state index in [1.807, 2.05) is 0 Å². The van der Waals surface area contributed by atoms with Crippen molar-refractivity contribution < 1.29 is 23.8 Å². The molecule has 0 bridgehead atoms. The highest BCUT2D eigenvalue weighted by Crippen LogP contribution is 2.14. The fourth-order valence-electron chi connectivity index (χ4n) is 7.80. The van der Waals surface area contributed by atoms with E-state index in [2.05, 4.69) is 118 Å². The summed E-state index contributed by atoms with van der Waals surface area (Å²) in [5, 5.41) is 0. The van der Waals surface area contributed by atoms with Gasteiger partial charge >= 0.3 is 11.9 Å². The molecule has 1 atom stereocenters. The largest absolute Gasteiger partial charge is 0.462 e. The lowest BCUT2D eigenvalue weighted by atomic mass is 10.1. The minimum absolute atomic E-state index is 0.0662. The molecule has 390 valence electrons. The fraction of sp³-hybridized carbons (Fsp3) is 0.714.